The molecule has 0 saturated carbocycles. The third kappa shape index (κ3) is 3.36. The average molecular weight is 268 g/mol. The van der Waals surface area contributed by atoms with Crippen LogP contribution in [0.3, 0.4) is 0 Å². The van der Waals surface area contributed by atoms with Crippen molar-refractivity contribution in [3.8, 4) is 6.07 Å². The van der Waals surface area contributed by atoms with Crippen molar-refractivity contribution in [3.63, 3.8) is 0 Å². The van der Waals surface area contributed by atoms with Crippen LogP contribution in [0, 0.1) is 17.1 Å². The lowest BCUT2D eigenvalue weighted by Gasteiger charge is -2.14. The van der Waals surface area contributed by atoms with Gasteiger partial charge in [-0.2, -0.15) is 5.26 Å². The molecule has 2 nitrogen and oxygen atoms in total. The van der Waals surface area contributed by atoms with Gasteiger partial charge < -0.3 is 4.90 Å². The Kier molecular flexibility index (Phi) is 4.37. The molecule has 1 atom stereocenters. The molecule has 20 heavy (non-hydrogen) atoms. The van der Waals surface area contributed by atoms with Crippen LogP contribution in [0.1, 0.15) is 17.0 Å². The van der Waals surface area contributed by atoms with Crippen LogP contribution in [-0.2, 0) is 6.42 Å². The highest BCUT2D eigenvalue weighted by Crippen LogP contribution is 2.22. The molecule has 0 aromatic heterocycles. The first-order valence-electron chi connectivity index (χ1n) is 6.51. The zero-order chi connectivity index (χ0) is 14.5. The molecule has 0 saturated heterocycles. The van der Waals surface area contributed by atoms with E-state index < -0.39 is 0 Å². The van der Waals surface area contributed by atoms with Gasteiger partial charge in [0.1, 0.15) is 5.82 Å². The third-order valence-electron chi connectivity index (χ3n) is 3.32. The molecular formula is C17H17FN2. The summed E-state index contributed by atoms with van der Waals surface area (Å²) in [7, 11) is 3.98. The summed E-state index contributed by atoms with van der Waals surface area (Å²) in [5.74, 6) is -0.526. The lowest BCUT2D eigenvalue weighted by atomic mass is 9.93. The van der Waals surface area contributed by atoms with E-state index in [2.05, 4.69) is 6.07 Å². The molecule has 0 aliphatic carbocycles. The van der Waals surface area contributed by atoms with Crippen LogP contribution in [0.15, 0.2) is 48.5 Å². The van der Waals surface area contributed by atoms with Crippen LogP contribution < -0.4 is 4.90 Å². The predicted octanol–water partition coefficient (Wildman–Crippen LogP) is 3.74. The van der Waals surface area contributed by atoms with Gasteiger partial charge in [-0.05, 0) is 41.8 Å². The van der Waals surface area contributed by atoms with Gasteiger partial charge in [0.2, 0.25) is 0 Å². The van der Waals surface area contributed by atoms with Gasteiger partial charge >= 0.3 is 0 Å². The predicted molar refractivity (Wildman–Crippen MR) is 79.2 cm³/mol. The zero-order valence-electron chi connectivity index (χ0n) is 11.7. The van der Waals surface area contributed by atoms with Crippen molar-refractivity contribution in [3.05, 3.63) is 65.5 Å². The highest BCUT2D eigenvalue weighted by molar-refractivity contribution is 5.46. The molecule has 0 amide bonds. The van der Waals surface area contributed by atoms with Crippen molar-refractivity contribution in [1.29, 1.82) is 5.26 Å². The van der Waals surface area contributed by atoms with E-state index in [0.717, 1.165) is 16.8 Å². The molecule has 2 aromatic carbocycles. The van der Waals surface area contributed by atoms with Gasteiger partial charge in [-0.1, -0.05) is 24.3 Å². The van der Waals surface area contributed by atoms with Gasteiger partial charge in [0.25, 0.3) is 0 Å². The van der Waals surface area contributed by atoms with E-state index >= 15 is 0 Å². The maximum atomic E-state index is 12.9. The highest BCUT2D eigenvalue weighted by Gasteiger charge is 2.11. The normalized spacial score (nSPS) is 11.7. The first-order chi connectivity index (χ1) is 9.60. The fourth-order valence-corrected chi connectivity index (χ4v) is 2.10. The number of nitrogens with zero attached hydrogens (tertiary/aromatic N) is 2. The third-order valence-corrected chi connectivity index (χ3v) is 3.32. The summed E-state index contributed by atoms with van der Waals surface area (Å²) >= 11 is 0. The maximum Gasteiger partial charge on any atom is 0.123 e. The monoisotopic (exact) mass is 268 g/mol. The molecule has 102 valence electrons. The molecule has 0 heterocycles. The van der Waals surface area contributed by atoms with Gasteiger partial charge in [0.05, 0.1) is 12.0 Å². The molecule has 2 rings (SSSR count). The Hall–Kier alpha value is -2.34. The Labute approximate surface area is 119 Å². The van der Waals surface area contributed by atoms with Crippen molar-refractivity contribution in [1.82, 2.24) is 0 Å². The van der Waals surface area contributed by atoms with Gasteiger partial charge in [0, 0.05) is 19.8 Å². The quantitative estimate of drug-likeness (QED) is 0.844. The van der Waals surface area contributed by atoms with Crippen LogP contribution in [0.25, 0.3) is 0 Å². The number of rotatable bonds is 4. The molecule has 2 aromatic rings. The molecule has 0 aliphatic heterocycles. The Morgan fingerprint density at radius 1 is 1.05 bits per heavy atom. The van der Waals surface area contributed by atoms with E-state index in [9.17, 15) is 9.65 Å². The summed E-state index contributed by atoms with van der Waals surface area (Å²) in [5.41, 5.74) is 3.08. The van der Waals surface area contributed by atoms with Crippen LogP contribution in [0.5, 0.6) is 0 Å². The van der Waals surface area contributed by atoms with E-state index in [0.29, 0.717) is 6.42 Å². The van der Waals surface area contributed by atoms with E-state index in [-0.39, 0.29) is 11.7 Å². The second-order valence-electron chi connectivity index (χ2n) is 5.00. The van der Waals surface area contributed by atoms with Gasteiger partial charge in [-0.15, -0.1) is 0 Å². The Bertz CT molecular complexity index is 594. The standard InChI is InChI=1S/C17H17FN2/c1-20(2)17-9-3-13(4-10-17)11-15(12-19)14-5-7-16(18)8-6-14/h3-10,15H,11H2,1-2H3. The van der Waals surface area contributed by atoms with Crippen molar-refractivity contribution in [2.45, 2.75) is 12.3 Å². The van der Waals surface area contributed by atoms with Gasteiger partial charge in [0.15, 0.2) is 0 Å². The minimum absolute atomic E-state index is 0.249. The summed E-state index contributed by atoms with van der Waals surface area (Å²) in [4.78, 5) is 2.03. The maximum absolute atomic E-state index is 12.9. The average Bonchev–Trinajstić information content (AvgIpc) is 2.46. The number of hydrogen-bond acceptors (Lipinski definition) is 2. The Morgan fingerprint density at radius 2 is 1.65 bits per heavy atom. The zero-order valence-corrected chi connectivity index (χ0v) is 11.7. The molecular weight excluding hydrogens is 251 g/mol. The van der Waals surface area contributed by atoms with E-state index in [1.165, 1.54) is 12.1 Å². The molecule has 0 radical (unpaired) electrons. The van der Waals surface area contributed by atoms with Crippen LogP contribution in [-0.4, -0.2) is 14.1 Å². The van der Waals surface area contributed by atoms with Crippen LogP contribution in [0.2, 0.25) is 0 Å². The molecule has 0 bridgehead atoms. The summed E-state index contributed by atoms with van der Waals surface area (Å²) in [5, 5.41) is 9.30. The molecule has 1 unspecified atom stereocenters. The SMILES string of the molecule is CN(C)c1ccc(CC(C#N)c2ccc(F)cc2)cc1. The summed E-state index contributed by atoms with van der Waals surface area (Å²) in [6.07, 6.45) is 0.635. The smallest absolute Gasteiger partial charge is 0.123 e. The fraction of sp³-hybridized carbons (Fsp3) is 0.235. The number of hydrogen-bond donors (Lipinski definition) is 0. The molecule has 0 N–H and O–H groups in total. The van der Waals surface area contributed by atoms with Gasteiger partial charge in [-0.3, -0.25) is 0 Å². The van der Waals surface area contributed by atoms with E-state index in [4.69, 9.17) is 0 Å². The van der Waals surface area contributed by atoms with E-state index in [1.807, 2.05) is 43.3 Å². The second kappa shape index (κ2) is 6.21. The van der Waals surface area contributed by atoms with Crippen LogP contribution in [0.4, 0.5) is 10.1 Å². The molecule has 3 heteroatoms. The number of benzene rings is 2. The van der Waals surface area contributed by atoms with Crippen molar-refractivity contribution in [2.75, 3.05) is 19.0 Å². The minimum Gasteiger partial charge on any atom is -0.378 e. The lowest BCUT2D eigenvalue weighted by Crippen LogP contribution is -2.08. The number of nitriles is 1. The van der Waals surface area contributed by atoms with Crippen LogP contribution >= 0.6 is 0 Å². The Balaban J connectivity index is 2.14. The van der Waals surface area contributed by atoms with Crippen molar-refractivity contribution >= 4 is 5.69 Å². The molecule has 0 spiro atoms. The molecule has 0 fully saturated rings. The fourth-order valence-electron chi connectivity index (χ4n) is 2.10. The largest absolute Gasteiger partial charge is 0.378 e. The van der Waals surface area contributed by atoms with Crippen molar-refractivity contribution < 1.29 is 4.39 Å². The lowest BCUT2D eigenvalue weighted by molar-refractivity contribution is 0.626. The molecule has 0 aliphatic rings. The first-order valence-corrected chi connectivity index (χ1v) is 6.51. The summed E-state index contributed by atoms with van der Waals surface area (Å²) in [6, 6.07) is 16.6. The second-order valence-corrected chi connectivity index (χ2v) is 5.00. The Morgan fingerprint density at radius 3 is 2.15 bits per heavy atom. The topological polar surface area (TPSA) is 27.0 Å². The number of anilines is 1. The van der Waals surface area contributed by atoms with Gasteiger partial charge in [-0.25, -0.2) is 4.39 Å². The first kappa shape index (κ1) is 14.1. The minimum atomic E-state index is -0.277. The number of halogens is 1. The highest BCUT2D eigenvalue weighted by atomic mass is 19.1. The summed E-state index contributed by atoms with van der Waals surface area (Å²) in [6.45, 7) is 0. The van der Waals surface area contributed by atoms with E-state index in [1.54, 1.807) is 12.1 Å². The van der Waals surface area contributed by atoms with Crippen molar-refractivity contribution in [2.24, 2.45) is 0 Å². The summed E-state index contributed by atoms with van der Waals surface area (Å²) < 4.78 is 12.9.